The van der Waals surface area contributed by atoms with E-state index in [0.29, 0.717) is 11.3 Å². The van der Waals surface area contributed by atoms with Crippen LogP contribution in [0.1, 0.15) is 16.7 Å². The van der Waals surface area contributed by atoms with Crippen LogP contribution in [0.3, 0.4) is 0 Å². The Morgan fingerprint density at radius 3 is 2.52 bits per heavy atom. The molecule has 0 unspecified atom stereocenters. The highest BCUT2D eigenvalue weighted by molar-refractivity contribution is 7.92. The van der Waals surface area contributed by atoms with Gasteiger partial charge in [-0.25, -0.2) is 13.2 Å². The van der Waals surface area contributed by atoms with Crippen LogP contribution in [0.5, 0.6) is 5.75 Å². The largest absolute Gasteiger partial charge is 0.495 e. The Balaban J connectivity index is 2.48. The molecular weight excluding hydrogens is 342 g/mol. The van der Waals surface area contributed by atoms with Crippen molar-refractivity contribution in [2.45, 2.75) is 18.7 Å². The Labute approximate surface area is 146 Å². The molecule has 0 aliphatic rings. The van der Waals surface area contributed by atoms with E-state index in [0.717, 1.165) is 17.2 Å². The van der Waals surface area contributed by atoms with E-state index in [2.05, 4.69) is 4.72 Å². The molecule has 0 radical (unpaired) electrons. The van der Waals surface area contributed by atoms with Crippen LogP contribution in [0.25, 0.3) is 6.08 Å². The number of ether oxygens (including phenoxy) is 1. The van der Waals surface area contributed by atoms with Gasteiger partial charge >= 0.3 is 5.97 Å². The molecule has 0 saturated heterocycles. The van der Waals surface area contributed by atoms with Crippen LogP contribution >= 0.6 is 0 Å². The number of hydrogen-bond donors (Lipinski definition) is 2. The van der Waals surface area contributed by atoms with E-state index in [9.17, 15) is 13.2 Å². The van der Waals surface area contributed by atoms with Gasteiger partial charge in [-0.1, -0.05) is 18.2 Å². The molecule has 0 bridgehead atoms. The first-order valence-electron chi connectivity index (χ1n) is 7.42. The number of carboxylic acids is 1. The minimum atomic E-state index is -3.91. The standard InChI is InChI=1S/C18H19NO5S/c1-12-4-5-13(2)15(10-12)19-25(22,23)17-11-14(7-9-18(20)21)6-8-16(17)24-3/h4-11,19H,1-3H3,(H,20,21)/b9-7+. The maximum Gasteiger partial charge on any atom is 0.328 e. The number of sulfonamides is 1. The molecule has 132 valence electrons. The van der Waals surface area contributed by atoms with Crippen molar-refractivity contribution in [2.24, 2.45) is 0 Å². The number of rotatable bonds is 6. The van der Waals surface area contributed by atoms with Gasteiger partial charge in [0.2, 0.25) is 0 Å². The van der Waals surface area contributed by atoms with Crippen LogP contribution in [0, 0.1) is 13.8 Å². The minimum Gasteiger partial charge on any atom is -0.495 e. The Morgan fingerprint density at radius 2 is 1.88 bits per heavy atom. The first kappa shape index (κ1) is 18.5. The van der Waals surface area contributed by atoms with Crippen molar-refractivity contribution in [3.8, 4) is 5.75 Å². The monoisotopic (exact) mass is 361 g/mol. The quantitative estimate of drug-likeness (QED) is 0.771. The summed E-state index contributed by atoms with van der Waals surface area (Å²) in [5.74, 6) is -0.945. The summed E-state index contributed by atoms with van der Waals surface area (Å²) in [7, 11) is -2.54. The molecule has 2 N–H and O–H groups in total. The molecule has 2 rings (SSSR count). The van der Waals surface area contributed by atoms with E-state index in [-0.39, 0.29) is 10.6 Å². The summed E-state index contributed by atoms with van der Waals surface area (Å²) in [5.41, 5.74) is 2.63. The average molecular weight is 361 g/mol. The first-order chi connectivity index (χ1) is 11.7. The van der Waals surface area contributed by atoms with Crippen molar-refractivity contribution >= 4 is 27.8 Å². The number of anilines is 1. The van der Waals surface area contributed by atoms with E-state index in [1.54, 1.807) is 19.1 Å². The Bertz CT molecular complexity index is 932. The molecule has 0 aliphatic carbocycles. The summed E-state index contributed by atoms with van der Waals surface area (Å²) >= 11 is 0. The minimum absolute atomic E-state index is 0.0663. The number of benzene rings is 2. The zero-order chi connectivity index (χ0) is 18.6. The lowest BCUT2D eigenvalue weighted by Crippen LogP contribution is -2.15. The number of aliphatic carboxylic acids is 1. The van der Waals surface area contributed by atoms with Gasteiger partial charge in [0, 0.05) is 6.08 Å². The van der Waals surface area contributed by atoms with Crippen LogP contribution in [-0.4, -0.2) is 26.6 Å². The molecule has 0 spiro atoms. The summed E-state index contributed by atoms with van der Waals surface area (Å²) in [4.78, 5) is 10.6. The highest BCUT2D eigenvalue weighted by atomic mass is 32.2. The molecule has 0 heterocycles. The normalized spacial score (nSPS) is 11.5. The smallest absolute Gasteiger partial charge is 0.328 e. The summed E-state index contributed by atoms with van der Waals surface area (Å²) in [6, 6.07) is 9.90. The molecular formula is C18H19NO5S. The zero-order valence-electron chi connectivity index (χ0n) is 14.1. The third kappa shape index (κ3) is 4.60. The summed E-state index contributed by atoms with van der Waals surface area (Å²) in [5, 5.41) is 8.71. The van der Waals surface area contributed by atoms with Gasteiger partial charge in [-0.2, -0.15) is 0 Å². The number of carboxylic acid groups (broad SMARTS) is 1. The fraction of sp³-hybridized carbons (Fsp3) is 0.167. The number of aryl methyl sites for hydroxylation is 2. The van der Waals surface area contributed by atoms with Gasteiger partial charge < -0.3 is 9.84 Å². The average Bonchev–Trinajstić information content (AvgIpc) is 2.55. The topological polar surface area (TPSA) is 92.7 Å². The van der Waals surface area contributed by atoms with E-state index < -0.39 is 16.0 Å². The van der Waals surface area contributed by atoms with E-state index in [4.69, 9.17) is 9.84 Å². The first-order valence-corrected chi connectivity index (χ1v) is 8.90. The van der Waals surface area contributed by atoms with Gasteiger partial charge in [-0.15, -0.1) is 0 Å². The molecule has 7 heteroatoms. The van der Waals surface area contributed by atoms with Gasteiger partial charge in [0.15, 0.2) is 0 Å². The van der Waals surface area contributed by atoms with Crippen LogP contribution in [0.2, 0.25) is 0 Å². The van der Waals surface area contributed by atoms with E-state index in [1.807, 2.05) is 19.1 Å². The molecule has 0 saturated carbocycles. The van der Waals surface area contributed by atoms with E-state index >= 15 is 0 Å². The van der Waals surface area contributed by atoms with Crippen LogP contribution in [0.4, 0.5) is 5.69 Å². The predicted octanol–water partition coefficient (Wildman–Crippen LogP) is 3.21. The van der Waals surface area contributed by atoms with Crippen molar-refractivity contribution in [1.29, 1.82) is 0 Å². The molecule has 0 fully saturated rings. The van der Waals surface area contributed by atoms with Gasteiger partial charge in [0.05, 0.1) is 12.8 Å². The lowest BCUT2D eigenvalue weighted by molar-refractivity contribution is -0.131. The molecule has 6 nitrogen and oxygen atoms in total. The van der Waals surface area contributed by atoms with Crippen LogP contribution in [-0.2, 0) is 14.8 Å². The predicted molar refractivity (Wildman–Crippen MR) is 96.4 cm³/mol. The summed E-state index contributed by atoms with van der Waals surface area (Å²) < 4.78 is 33.3. The fourth-order valence-corrected chi connectivity index (χ4v) is 3.55. The van der Waals surface area contributed by atoms with Gasteiger partial charge in [0.1, 0.15) is 10.6 Å². The van der Waals surface area contributed by atoms with Crippen LogP contribution < -0.4 is 9.46 Å². The van der Waals surface area contributed by atoms with Crippen molar-refractivity contribution < 1.29 is 23.1 Å². The summed E-state index contributed by atoms with van der Waals surface area (Å²) in [6.07, 6.45) is 2.26. The second-order valence-electron chi connectivity index (χ2n) is 5.51. The Kier molecular flexibility index (Phi) is 5.48. The van der Waals surface area contributed by atoms with Crippen LogP contribution in [0.15, 0.2) is 47.4 Å². The highest BCUT2D eigenvalue weighted by Gasteiger charge is 2.21. The third-order valence-electron chi connectivity index (χ3n) is 3.53. The number of nitrogens with one attached hydrogen (secondary N) is 1. The summed E-state index contributed by atoms with van der Waals surface area (Å²) in [6.45, 7) is 3.68. The van der Waals surface area contributed by atoms with Gasteiger partial charge in [0.25, 0.3) is 10.0 Å². The number of methoxy groups -OCH3 is 1. The number of hydrogen-bond acceptors (Lipinski definition) is 4. The lowest BCUT2D eigenvalue weighted by Gasteiger charge is -2.14. The lowest BCUT2D eigenvalue weighted by atomic mass is 10.1. The Hall–Kier alpha value is -2.80. The molecule has 0 amide bonds. The van der Waals surface area contributed by atoms with Gasteiger partial charge in [-0.3, -0.25) is 4.72 Å². The van der Waals surface area contributed by atoms with Crippen molar-refractivity contribution in [3.05, 3.63) is 59.2 Å². The molecule has 25 heavy (non-hydrogen) atoms. The van der Waals surface area contributed by atoms with Crippen molar-refractivity contribution in [2.75, 3.05) is 11.8 Å². The third-order valence-corrected chi connectivity index (χ3v) is 4.92. The maximum absolute atomic E-state index is 12.8. The molecule has 0 aromatic heterocycles. The molecule has 2 aromatic rings. The maximum atomic E-state index is 12.8. The highest BCUT2D eigenvalue weighted by Crippen LogP contribution is 2.28. The Morgan fingerprint density at radius 1 is 1.16 bits per heavy atom. The van der Waals surface area contributed by atoms with Gasteiger partial charge in [-0.05, 0) is 54.8 Å². The van der Waals surface area contributed by atoms with E-state index in [1.165, 1.54) is 25.3 Å². The number of carbonyl (C=O) groups is 1. The second kappa shape index (κ2) is 7.40. The molecule has 0 aliphatic heterocycles. The zero-order valence-corrected chi connectivity index (χ0v) is 14.9. The SMILES string of the molecule is COc1ccc(/C=C/C(=O)O)cc1S(=O)(=O)Nc1cc(C)ccc1C. The molecule has 0 atom stereocenters. The molecule has 2 aromatic carbocycles. The van der Waals surface area contributed by atoms with Crippen molar-refractivity contribution in [3.63, 3.8) is 0 Å². The second-order valence-corrected chi connectivity index (χ2v) is 7.16. The van der Waals surface area contributed by atoms with Crippen molar-refractivity contribution in [1.82, 2.24) is 0 Å². The fourth-order valence-electron chi connectivity index (χ4n) is 2.22.